The van der Waals surface area contributed by atoms with Gasteiger partial charge in [0.05, 0.1) is 17.7 Å². The first-order valence-electron chi connectivity index (χ1n) is 10.6. The minimum atomic E-state index is -0.266. The fraction of sp³-hybridized carbons (Fsp3) is 0.280. The number of nitrogens with zero attached hydrogens (tertiary/aromatic N) is 3. The molecule has 1 saturated heterocycles. The minimum absolute atomic E-state index is 0.0727. The number of anilines is 1. The average Bonchev–Trinajstić information content (AvgIpc) is 3.26. The minimum Gasteiger partial charge on any atom is -0.342 e. The third-order valence-corrected chi connectivity index (χ3v) is 5.94. The maximum absolute atomic E-state index is 12.7. The van der Waals surface area contributed by atoms with E-state index in [0.717, 1.165) is 17.5 Å². The lowest BCUT2D eigenvalue weighted by Gasteiger charge is -2.17. The van der Waals surface area contributed by atoms with E-state index in [0.29, 0.717) is 47.3 Å². The van der Waals surface area contributed by atoms with Crippen molar-refractivity contribution in [3.8, 4) is 0 Å². The molecule has 1 N–H and O–H groups in total. The molecule has 4 rings (SSSR count). The molecule has 3 aromatic rings. The summed E-state index contributed by atoms with van der Waals surface area (Å²) in [7, 11) is 0. The number of carbonyl (C=O) groups excluding carboxylic acids is 2. The predicted molar refractivity (Wildman–Crippen MR) is 125 cm³/mol. The highest BCUT2D eigenvalue weighted by molar-refractivity contribution is 6.30. The number of aryl methyl sites for hydroxylation is 2. The SMILES string of the molecule is Cc1cccc(CC(=O)N2CCC(c3ncc(C(=O)Nc4ccc(Cl)cc4)c(C)n3)C2)c1. The summed E-state index contributed by atoms with van der Waals surface area (Å²) in [6, 6.07) is 15.0. The molecule has 0 radical (unpaired) electrons. The van der Waals surface area contributed by atoms with Crippen LogP contribution in [0.25, 0.3) is 0 Å². The van der Waals surface area contributed by atoms with Crippen molar-refractivity contribution >= 4 is 29.1 Å². The molecule has 2 aromatic carbocycles. The van der Waals surface area contributed by atoms with Crippen molar-refractivity contribution in [2.24, 2.45) is 0 Å². The molecular formula is C25H25ClN4O2. The molecular weight excluding hydrogens is 424 g/mol. The van der Waals surface area contributed by atoms with Gasteiger partial charge in [-0.05, 0) is 50.1 Å². The summed E-state index contributed by atoms with van der Waals surface area (Å²) >= 11 is 5.89. The Hall–Kier alpha value is -3.25. The number of nitrogens with one attached hydrogen (secondary N) is 1. The largest absolute Gasteiger partial charge is 0.342 e. The molecule has 0 bridgehead atoms. The molecule has 1 atom stereocenters. The Kier molecular flexibility index (Phi) is 6.51. The molecule has 0 aliphatic carbocycles. The van der Waals surface area contributed by atoms with Gasteiger partial charge in [-0.15, -0.1) is 0 Å². The van der Waals surface area contributed by atoms with E-state index >= 15 is 0 Å². The van der Waals surface area contributed by atoms with Crippen molar-refractivity contribution in [2.75, 3.05) is 18.4 Å². The first-order chi connectivity index (χ1) is 15.4. The van der Waals surface area contributed by atoms with Gasteiger partial charge in [-0.1, -0.05) is 41.4 Å². The third kappa shape index (κ3) is 5.14. The molecule has 32 heavy (non-hydrogen) atoms. The van der Waals surface area contributed by atoms with Crippen LogP contribution in [0.5, 0.6) is 0 Å². The maximum Gasteiger partial charge on any atom is 0.259 e. The molecule has 1 fully saturated rings. The molecule has 6 nitrogen and oxygen atoms in total. The quantitative estimate of drug-likeness (QED) is 0.621. The number of amides is 2. The fourth-order valence-electron chi connectivity index (χ4n) is 3.94. The lowest BCUT2D eigenvalue weighted by Crippen LogP contribution is -2.30. The second kappa shape index (κ2) is 9.49. The molecule has 164 valence electrons. The number of hydrogen-bond acceptors (Lipinski definition) is 4. The van der Waals surface area contributed by atoms with E-state index in [9.17, 15) is 9.59 Å². The van der Waals surface area contributed by atoms with E-state index < -0.39 is 0 Å². The molecule has 0 spiro atoms. The Morgan fingerprint density at radius 3 is 2.66 bits per heavy atom. The summed E-state index contributed by atoms with van der Waals surface area (Å²) in [5, 5.41) is 3.44. The van der Waals surface area contributed by atoms with Gasteiger partial charge in [-0.3, -0.25) is 9.59 Å². The molecule has 7 heteroatoms. The highest BCUT2D eigenvalue weighted by Crippen LogP contribution is 2.26. The summed E-state index contributed by atoms with van der Waals surface area (Å²) in [5.41, 5.74) is 3.88. The standard InChI is InChI=1S/C25H25ClN4O2/c1-16-4-3-5-18(12-16)13-23(31)30-11-10-19(15-30)24-27-14-22(17(2)28-24)25(32)29-21-8-6-20(26)7-9-21/h3-9,12,14,19H,10-11,13,15H2,1-2H3,(H,29,32). The summed E-state index contributed by atoms with van der Waals surface area (Å²) < 4.78 is 0. The Labute approximate surface area is 192 Å². The number of benzene rings is 2. The van der Waals surface area contributed by atoms with E-state index in [2.05, 4.69) is 15.3 Å². The Morgan fingerprint density at radius 2 is 1.94 bits per heavy atom. The number of aromatic nitrogens is 2. The van der Waals surface area contributed by atoms with Crippen LogP contribution in [0, 0.1) is 13.8 Å². The van der Waals surface area contributed by atoms with Gasteiger partial charge in [0.2, 0.25) is 5.91 Å². The smallest absolute Gasteiger partial charge is 0.259 e. The zero-order valence-corrected chi connectivity index (χ0v) is 18.9. The zero-order valence-electron chi connectivity index (χ0n) is 18.1. The van der Waals surface area contributed by atoms with Crippen LogP contribution in [0.3, 0.4) is 0 Å². The molecule has 1 aliphatic rings. The van der Waals surface area contributed by atoms with E-state index in [1.807, 2.05) is 36.1 Å². The van der Waals surface area contributed by atoms with Crippen molar-refractivity contribution in [1.82, 2.24) is 14.9 Å². The first-order valence-corrected chi connectivity index (χ1v) is 11.0. The van der Waals surface area contributed by atoms with Crippen molar-refractivity contribution in [3.05, 3.63) is 88.0 Å². The van der Waals surface area contributed by atoms with Gasteiger partial charge in [-0.2, -0.15) is 0 Å². The molecule has 1 aromatic heterocycles. The topological polar surface area (TPSA) is 75.2 Å². The average molecular weight is 449 g/mol. The normalized spacial score (nSPS) is 15.6. The Morgan fingerprint density at radius 1 is 1.16 bits per heavy atom. The van der Waals surface area contributed by atoms with Gasteiger partial charge in [0.1, 0.15) is 5.82 Å². The predicted octanol–water partition coefficient (Wildman–Crippen LogP) is 4.56. The van der Waals surface area contributed by atoms with Crippen molar-refractivity contribution < 1.29 is 9.59 Å². The number of likely N-dealkylation sites (tertiary alicyclic amines) is 1. The summed E-state index contributed by atoms with van der Waals surface area (Å²) in [5.74, 6) is 0.603. The van der Waals surface area contributed by atoms with Crippen LogP contribution in [-0.2, 0) is 11.2 Å². The van der Waals surface area contributed by atoms with Gasteiger partial charge in [0.15, 0.2) is 0 Å². The van der Waals surface area contributed by atoms with Gasteiger partial charge < -0.3 is 10.2 Å². The zero-order chi connectivity index (χ0) is 22.7. The van der Waals surface area contributed by atoms with Gasteiger partial charge in [0.25, 0.3) is 5.91 Å². The summed E-state index contributed by atoms with van der Waals surface area (Å²) in [6.45, 7) is 5.12. The van der Waals surface area contributed by atoms with Gasteiger partial charge >= 0.3 is 0 Å². The van der Waals surface area contributed by atoms with Crippen LogP contribution in [0.15, 0.2) is 54.7 Å². The van der Waals surface area contributed by atoms with E-state index in [4.69, 9.17) is 11.6 Å². The fourth-order valence-corrected chi connectivity index (χ4v) is 4.07. The highest BCUT2D eigenvalue weighted by atomic mass is 35.5. The van der Waals surface area contributed by atoms with Crippen LogP contribution in [0.2, 0.25) is 5.02 Å². The molecule has 0 saturated carbocycles. The Balaban J connectivity index is 1.39. The van der Waals surface area contributed by atoms with Crippen molar-refractivity contribution in [2.45, 2.75) is 32.6 Å². The van der Waals surface area contributed by atoms with Gasteiger partial charge in [0, 0.05) is 35.9 Å². The molecule has 2 amide bonds. The lowest BCUT2D eigenvalue weighted by atomic mass is 10.1. The number of rotatable bonds is 5. The van der Waals surface area contributed by atoms with Crippen LogP contribution >= 0.6 is 11.6 Å². The highest BCUT2D eigenvalue weighted by Gasteiger charge is 2.29. The number of halogens is 1. The third-order valence-electron chi connectivity index (χ3n) is 5.69. The molecule has 1 unspecified atom stereocenters. The second-order valence-corrected chi connectivity index (χ2v) is 8.62. The first kappa shape index (κ1) is 22.0. The Bertz CT molecular complexity index is 1150. The van der Waals surface area contributed by atoms with Crippen LogP contribution in [0.1, 0.15) is 45.3 Å². The van der Waals surface area contributed by atoms with E-state index in [-0.39, 0.29) is 17.7 Å². The van der Waals surface area contributed by atoms with E-state index in [1.54, 1.807) is 37.4 Å². The van der Waals surface area contributed by atoms with Crippen LogP contribution in [0.4, 0.5) is 5.69 Å². The summed E-state index contributed by atoms with van der Waals surface area (Å²) in [4.78, 5) is 36.3. The molecule has 2 heterocycles. The lowest BCUT2D eigenvalue weighted by molar-refractivity contribution is -0.129. The second-order valence-electron chi connectivity index (χ2n) is 8.18. The number of carbonyl (C=O) groups is 2. The van der Waals surface area contributed by atoms with Crippen LogP contribution < -0.4 is 5.32 Å². The monoisotopic (exact) mass is 448 g/mol. The van der Waals surface area contributed by atoms with E-state index in [1.165, 1.54) is 0 Å². The summed E-state index contributed by atoms with van der Waals surface area (Å²) in [6.07, 6.45) is 2.79. The van der Waals surface area contributed by atoms with Gasteiger partial charge in [-0.25, -0.2) is 9.97 Å². The maximum atomic E-state index is 12.7. The number of hydrogen-bond donors (Lipinski definition) is 1. The van der Waals surface area contributed by atoms with Crippen molar-refractivity contribution in [1.29, 1.82) is 0 Å². The molecule has 1 aliphatic heterocycles. The van der Waals surface area contributed by atoms with Crippen molar-refractivity contribution in [3.63, 3.8) is 0 Å². The van der Waals surface area contributed by atoms with Crippen LogP contribution in [-0.4, -0.2) is 39.8 Å².